The van der Waals surface area contributed by atoms with E-state index in [0.29, 0.717) is 19.4 Å². The van der Waals surface area contributed by atoms with Gasteiger partial charge >= 0.3 is 5.97 Å². The highest BCUT2D eigenvalue weighted by molar-refractivity contribution is 5.77. The van der Waals surface area contributed by atoms with Gasteiger partial charge in [-0.1, -0.05) is 0 Å². The molecule has 1 atom stereocenters. The standard InChI is InChI=1S/C8H16N2O3/c1-6(5-8(12)13)10-7(11)3-2-4-9/h6H,2-5,9H2,1H3,(H,10,11)(H,12,13). The highest BCUT2D eigenvalue weighted by atomic mass is 16.4. The molecule has 0 heterocycles. The molecular weight excluding hydrogens is 172 g/mol. The lowest BCUT2D eigenvalue weighted by Gasteiger charge is -2.10. The van der Waals surface area contributed by atoms with Crippen molar-refractivity contribution < 1.29 is 14.7 Å². The Kier molecular flexibility index (Phi) is 5.88. The molecule has 0 spiro atoms. The fourth-order valence-corrected chi connectivity index (χ4v) is 0.923. The normalized spacial score (nSPS) is 12.2. The number of carboxylic acids is 1. The summed E-state index contributed by atoms with van der Waals surface area (Å²) in [5.74, 6) is -1.05. The first-order valence-corrected chi connectivity index (χ1v) is 4.27. The second-order valence-electron chi connectivity index (χ2n) is 2.96. The number of nitrogens with two attached hydrogens (primary N) is 1. The molecule has 4 N–H and O–H groups in total. The second kappa shape index (κ2) is 6.42. The predicted octanol–water partition coefficient (Wildman–Crippen LogP) is -0.295. The van der Waals surface area contributed by atoms with Gasteiger partial charge in [0.15, 0.2) is 0 Å². The SMILES string of the molecule is CC(CC(=O)O)NC(=O)CCCN. The Morgan fingerprint density at radius 3 is 2.62 bits per heavy atom. The number of hydrogen-bond acceptors (Lipinski definition) is 3. The molecule has 13 heavy (non-hydrogen) atoms. The van der Waals surface area contributed by atoms with Gasteiger partial charge in [-0.15, -0.1) is 0 Å². The minimum absolute atomic E-state index is 0.0473. The maximum atomic E-state index is 11.0. The van der Waals surface area contributed by atoms with Gasteiger partial charge in [-0.05, 0) is 19.9 Å². The van der Waals surface area contributed by atoms with Crippen molar-refractivity contribution in [2.45, 2.75) is 32.2 Å². The summed E-state index contributed by atoms with van der Waals surface area (Å²) in [6.07, 6.45) is 0.945. The number of hydrogen-bond donors (Lipinski definition) is 3. The van der Waals surface area contributed by atoms with E-state index in [4.69, 9.17) is 10.8 Å². The molecule has 5 nitrogen and oxygen atoms in total. The summed E-state index contributed by atoms with van der Waals surface area (Å²) in [7, 11) is 0. The van der Waals surface area contributed by atoms with Gasteiger partial charge in [-0.2, -0.15) is 0 Å². The van der Waals surface area contributed by atoms with Crippen molar-refractivity contribution in [2.75, 3.05) is 6.54 Å². The smallest absolute Gasteiger partial charge is 0.305 e. The first-order chi connectivity index (χ1) is 6.06. The Bertz CT molecular complexity index is 182. The van der Waals surface area contributed by atoms with Crippen LogP contribution in [-0.2, 0) is 9.59 Å². The number of carbonyl (C=O) groups excluding carboxylic acids is 1. The molecule has 0 saturated heterocycles. The molecule has 0 aliphatic carbocycles. The number of nitrogens with one attached hydrogen (secondary N) is 1. The third-order valence-corrected chi connectivity index (χ3v) is 1.50. The van der Waals surface area contributed by atoms with Gasteiger partial charge in [-0.3, -0.25) is 9.59 Å². The van der Waals surface area contributed by atoms with E-state index < -0.39 is 5.97 Å². The topological polar surface area (TPSA) is 92.4 Å². The minimum atomic E-state index is -0.911. The van der Waals surface area contributed by atoms with Crippen LogP contribution in [0.5, 0.6) is 0 Å². The van der Waals surface area contributed by atoms with Crippen molar-refractivity contribution in [1.82, 2.24) is 5.32 Å². The largest absolute Gasteiger partial charge is 0.481 e. The van der Waals surface area contributed by atoms with Gasteiger partial charge in [0.05, 0.1) is 6.42 Å². The first kappa shape index (κ1) is 11.9. The Morgan fingerprint density at radius 2 is 2.15 bits per heavy atom. The summed E-state index contributed by atoms with van der Waals surface area (Å²) in [4.78, 5) is 21.3. The van der Waals surface area contributed by atoms with Crippen molar-refractivity contribution >= 4 is 11.9 Å². The number of amides is 1. The zero-order valence-corrected chi connectivity index (χ0v) is 7.75. The summed E-state index contributed by atoms with van der Waals surface area (Å²) in [6, 6.07) is -0.317. The van der Waals surface area contributed by atoms with Gasteiger partial charge in [0.25, 0.3) is 0 Å². The van der Waals surface area contributed by atoms with E-state index in [1.807, 2.05) is 0 Å². The van der Waals surface area contributed by atoms with Crippen LogP contribution >= 0.6 is 0 Å². The fraction of sp³-hybridized carbons (Fsp3) is 0.750. The summed E-state index contributed by atoms with van der Waals surface area (Å²) in [5.41, 5.74) is 5.21. The van der Waals surface area contributed by atoms with Crippen LogP contribution in [-0.4, -0.2) is 29.6 Å². The predicted molar refractivity (Wildman–Crippen MR) is 48.1 cm³/mol. The average Bonchev–Trinajstić information content (AvgIpc) is 1.98. The maximum absolute atomic E-state index is 11.0. The van der Waals surface area contributed by atoms with Crippen molar-refractivity contribution in [3.63, 3.8) is 0 Å². The van der Waals surface area contributed by atoms with Crippen molar-refractivity contribution in [3.05, 3.63) is 0 Å². The van der Waals surface area contributed by atoms with E-state index >= 15 is 0 Å². The third-order valence-electron chi connectivity index (χ3n) is 1.50. The van der Waals surface area contributed by atoms with Crippen molar-refractivity contribution in [1.29, 1.82) is 0 Å². The lowest BCUT2D eigenvalue weighted by molar-refractivity contribution is -0.137. The van der Waals surface area contributed by atoms with E-state index in [1.54, 1.807) is 6.92 Å². The molecule has 0 aliphatic heterocycles. The molecule has 0 aromatic heterocycles. The highest BCUT2D eigenvalue weighted by Gasteiger charge is 2.09. The van der Waals surface area contributed by atoms with E-state index in [9.17, 15) is 9.59 Å². The van der Waals surface area contributed by atoms with E-state index in [1.165, 1.54) is 0 Å². The summed E-state index contributed by atoms with van der Waals surface area (Å²) < 4.78 is 0. The zero-order valence-electron chi connectivity index (χ0n) is 7.75. The van der Waals surface area contributed by atoms with Gasteiger partial charge in [0.2, 0.25) is 5.91 Å². The molecule has 0 aromatic carbocycles. The van der Waals surface area contributed by atoms with Gasteiger partial charge < -0.3 is 16.2 Å². The quantitative estimate of drug-likeness (QED) is 0.533. The Balaban J connectivity index is 3.59. The van der Waals surface area contributed by atoms with Crippen LogP contribution in [0.4, 0.5) is 0 Å². The van der Waals surface area contributed by atoms with Crippen LogP contribution in [0.15, 0.2) is 0 Å². The van der Waals surface area contributed by atoms with E-state index in [2.05, 4.69) is 5.32 Å². The molecule has 0 aromatic rings. The van der Waals surface area contributed by atoms with Crippen LogP contribution < -0.4 is 11.1 Å². The molecule has 0 saturated carbocycles. The molecule has 0 aliphatic rings. The van der Waals surface area contributed by atoms with Gasteiger partial charge in [-0.25, -0.2) is 0 Å². The molecule has 1 amide bonds. The van der Waals surface area contributed by atoms with Crippen molar-refractivity contribution in [3.8, 4) is 0 Å². The Hall–Kier alpha value is -1.10. The summed E-state index contributed by atoms with van der Waals surface area (Å²) >= 11 is 0. The molecule has 1 unspecified atom stereocenters. The van der Waals surface area contributed by atoms with Gasteiger partial charge in [0.1, 0.15) is 0 Å². The summed E-state index contributed by atoms with van der Waals surface area (Å²) in [6.45, 7) is 2.13. The monoisotopic (exact) mass is 188 g/mol. The van der Waals surface area contributed by atoms with E-state index in [0.717, 1.165) is 0 Å². The number of aliphatic carboxylic acids is 1. The molecule has 0 fully saturated rings. The molecule has 0 bridgehead atoms. The van der Waals surface area contributed by atoms with Crippen molar-refractivity contribution in [2.24, 2.45) is 5.73 Å². The Labute approximate surface area is 77.3 Å². The Morgan fingerprint density at radius 1 is 1.54 bits per heavy atom. The number of carbonyl (C=O) groups is 2. The maximum Gasteiger partial charge on any atom is 0.305 e. The molecule has 0 radical (unpaired) electrons. The molecule has 0 rings (SSSR count). The third kappa shape index (κ3) is 7.27. The summed E-state index contributed by atoms with van der Waals surface area (Å²) in [5, 5.41) is 11.0. The van der Waals surface area contributed by atoms with Crippen LogP contribution in [0.25, 0.3) is 0 Å². The van der Waals surface area contributed by atoms with Crippen LogP contribution in [0.1, 0.15) is 26.2 Å². The van der Waals surface area contributed by atoms with Crippen LogP contribution in [0.2, 0.25) is 0 Å². The molecule has 5 heteroatoms. The van der Waals surface area contributed by atoms with E-state index in [-0.39, 0.29) is 18.4 Å². The van der Waals surface area contributed by atoms with Gasteiger partial charge in [0, 0.05) is 12.5 Å². The van der Waals surface area contributed by atoms with Crippen LogP contribution in [0.3, 0.4) is 0 Å². The molecule has 76 valence electrons. The fourth-order valence-electron chi connectivity index (χ4n) is 0.923. The molecular formula is C8H16N2O3. The first-order valence-electron chi connectivity index (χ1n) is 4.27. The lowest BCUT2D eigenvalue weighted by atomic mass is 10.2. The van der Waals surface area contributed by atoms with Crippen LogP contribution in [0, 0.1) is 0 Å². The number of rotatable bonds is 6. The highest BCUT2D eigenvalue weighted by Crippen LogP contribution is 1.93. The lowest BCUT2D eigenvalue weighted by Crippen LogP contribution is -2.34. The minimum Gasteiger partial charge on any atom is -0.481 e. The average molecular weight is 188 g/mol. The second-order valence-corrected chi connectivity index (χ2v) is 2.96. The number of carboxylic acid groups (broad SMARTS) is 1. The zero-order chi connectivity index (χ0) is 10.3.